The molecule has 0 radical (unpaired) electrons. The molecule has 394 valence electrons. The summed E-state index contributed by atoms with van der Waals surface area (Å²) in [5.41, 5.74) is 0.437. The Kier molecular flexibility index (Phi) is 15.5. The van der Waals surface area contributed by atoms with Gasteiger partial charge in [0, 0.05) is 41.9 Å². The molecule has 4 aliphatic heterocycles. The number of aliphatic hydroxyl groups is 6. The monoisotopic (exact) mass is 1040 g/mol. The molecule has 2 aromatic heterocycles. The van der Waals surface area contributed by atoms with Crippen LogP contribution in [0.3, 0.4) is 0 Å². The van der Waals surface area contributed by atoms with Gasteiger partial charge in [0.05, 0.1) is 72.4 Å². The second-order valence-electron chi connectivity index (χ2n) is 17.6. The number of fused-ring (bicyclic) bond motifs is 6. The molecule has 4 aliphatic rings. The lowest BCUT2D eigenvalue weighted by Gasteiger charge is -2.38. The molecule has 28 heteroatoms. The van der Waals surface area contributed by atoms with Crippen LogP contribution in [0.25, 0.3) is 22.3 Å². The SMILES string of the molecule is CNCC(=O)Nc1cc(COC(=O)N(CCS(C)(=O)=O)COCC(CO)(CO)NCc2c3c(nc4cc5c(cc24)OCO5)-c2cc4c(c(=O)n2C3)COC(=O)[C@H]4O)ccc1O[C@@H]1O[C@H](C(=O)O)[C@@H](O)[C@H](O)[C@H]1O. The number of hydrogen-bond acceptors (Lipinski definition) is 23. The fraction of sp³-hybridized carbons (Fsp3) is 0.467. The Bertz CT molecular complexity index is 2990. The molecule has 27 nitrogen and oxygen atoms in total. The van der Waals surface area contributed by atoms with Gasteiger partial charge in [0.25, 0.3) is 5.56 Å². The number of carbonyl (C=O) groups is 4. The Morgan fingerprint density at radius 3 is 2.41 bits per heavy atom. The van der Waals surface area contributed by atoms with E-state index in [1.54, 1.807) is 12.1 Å². The number of anilines is 1. The zero-order valence-electron chi connectivity index (χ0n) is 39.0. The molecule has 0 aliphatic carbocycles. The number of ether oxygens (including phenoxy) is 7. The summed E-state index contributed by atoms with van der Waals surface area (Å²) in [7, 11) is -2.16. The number of nitrogens with one attached hydrogen (secondary N) is 3. The number of pyridine rings is 2. The predicted molar refractivity (Wildman–Crippen MR) is 247 cm³/mol. The molecule has 1 fully saturated rings. The molecular weight excluding hydrogens is 993 g/mol. The number of carbonyl (C=O) groups excluding carboxylic acids is 3. The lowest BCUT2D eigenvalue weighted by atomic mass is 9.97. The molecule has 0 bridgehead atoms. The predicted octanol–water partition coefficient (Wildman–Crippen LogP) is -2.86. The Balaban J connectivity index is 0.989. The highest BCUT2D eigenvalue weighted by molar-refractivity contribution is 7.90. The van der Waals surface area contributed by atoms with Crippen LogP contribution in [0.4, 0.5) is 10.5 Å². The van der Waals surface area contributed by atoms with E-state index in [9.17, 15) is 68.1 Å². The van der Waals surface area contributed by atoms with Gasteiger partial charge in [-0.1, -0.05) is 6.07 Å². The molecular formula is C45H52N6O21S. The zero-order valence-corrected chi connectivity index (χ0v) is 39.8. The van der Waals surface area contributed by atoms with E-state index in [2.05, 4.69) is 16.0 Å². The van der Waals surface area contributed by atoms with E-state index in [1.165, 1.54) is 35.9 Å². The summed E-state index contributed by atoms with van der Waals surface area (Å²) < 4.78 is 64.5. The largest absolute Gasteiger partial charge is 0.479 e. The number of cyclic esters (lactones) is 1. The average Bonchev–Trinajstić information content (AvgIpc) is 3.97. The van der Waals surface area contributed by atoms with E-state index < -0.39 is 127 Å². The van der Waals surface area contributed by atoms with Crippen molar-refractivity contribution >= 4 is 50.4 Å². The highest BCUT2D eigenvalue weighted by Crippen LogP contribution is 2.42. The summed E-state index contributed by atoms with van der Waals surface area (Å²) in [5.74, 6) is -3.04. The van der Waals surface area contributed by atoms with Crippen LogP contribution in [-0.2, 0) is 69.5 Å². The van der Waals surface area contributed by atoms with Gasteiger partial charge in [-0.25, -0.2) is 27.8 Å². The minimum atomic E-state index is -3.66. The van der Waals surface area contributed by atoms with Crippen LogP contribution in [0.15, 0.2) is 41.2 Å². The van der Waals surface area contributed by atoms with E-state index in [-0.39, 0.29) is 61.2 Å². The molecule has 73 heavy (non-hydrogen) atoms. The van der Waals surface area contributed by atoms with Crippen LogP contribution in [0, 0.1) is 0 Å². The second-order valence-corrected chi connectivity index (χ2v) is 19.9. The molecule has 4 aromatic rings. The van der Waals surface area contributed by atoms with E-state index in [1.807, 2.05) is 0 Å². The third-order valence-electron chi connectivity index (χ3n) is 12.5. The third kappa shape index (κ3) is 11.0. The Morgan fingerprint density at radius 1 is 0.973 bits per heavy atom. The topological polar surface area (TPSA) is 383 Å². The van der Waals surface area contributed by atoms with Crippen molar-refractivity contribution in [3.63, 3.8) is 0 Å². The van der Waals surface area contributed by atoms with Crippen molar-refractivity contribution in [2.45, 2.75) is 68.7 Å². The van der Waals surface area contributed by atoms with Crippen LogP contribution in [0.2, 0.25) is 0 Å². The van der Waals surface area contributed by atoms with Crippen LogP contribution >= 0.6 is 0 Å². The summed E-state index contributed by atoms with van der Waals surface area (Å²) in [5, 5.41) is 81.5. The van der Waals surface area contributed by atoms with Crippen LogP contribution in [0.5, 0.6) is 17.2 Å². The number of aromatic nitrogens is 2. The number of esters is 1. The molecule has 8 rings (SSSR count). The summed E-state index contributed by atoms with van der Waals surface area (Å²) in [6, 6.07) is 8.81. The normalized spacial score (nSPS) is 21.0. The van der Waals surface area contributed by atoms with Crippen molar-refractivity contribution in [2.75, 3.05) is 70.8 Å². The van der Waals surface area contributed by atoms with Crippen molar-refractivity contribution in [3.05, 3.63) is 74.6 Å². The Labute approximate surface area is 413 Å². The zero-order chi connectivity index (χ0) is 52.5. The van der Waals surface area contributed by atoms with Crippen molar-refractivity contribution in [3.8, 4) is 28.6 Å². The van der Waals surface area contributed by atoms with E-state index in [4.69, 9.17) is 38.1 Å². The highest BCUT2D eigenvalue weighted by Gasteiger charge is 2.48. The molecule has 1 saturated heterocycles. The number of carboxylic acid groups (broad SMARTS) is 1. The van der Waals surface area contributed by atoms with Gasteiger partial charge >= 0.3 is 18.0 Å². The smallest absolute Gasteiger partial charge is 0.411 e. The Hall–Kier alpha value is -6.57. The minimum absolute atomic E-state index is 0.00387. The summed E-state index contributed by atoms with van der Waals surface area (Å²) in [6.45, 7) is -4.13. The number of nitrogens with zero attached hydrogens (tertiary/aromatic N) is 3. The first-order chi connectivity index (χ1) is 34.7. The minimum Gasteiger partial charge on any atom is -0.479 e. The first-order valence-electron chi connectivity index (χ1n) is 22.4. The van der Waals surface area contributed by atoms with Gasteiger partial charge in [0.15, 0.2) is 23.7 Å². The summed E-state index contributed by atoms with van der Waals surface area (Å²) >= 11 is 0. The molecule has 6 heterocycles. The molecule has 10 N–H and O–H groups in total. The molecule has 2 aromatic carbocycles. The van der Waals surface area contributed by atoms with Crippen molar-refractivity contribution in [2.24, 2.45) is 0 Å². The first kappa shape index (κ1) is 52.7. The number of benzene rings is 2. The first-order valence-corrected chi connectivity index (χ1v) is 24.5. The van der Waals surface area contributed by atoms with E-state index in [0.29, 0.717) is 44.9 Å². The van der Waals surface area contributed by atoms with Gasteiger partial charge in [-0.2, -0.15) is 0 Å². The number of amides is 2. The van der Waals surface area contributed by atoms with Crippen molar-refractivity contribution < 1.29 is 96.5 Å². The fourth-order valence-electron chi connectivity index (χ4n) is 8.45. The second kappa shape index (κ2) is 21.5. The number of aliphatic carboxylic acids is 1. The molecule has 2 amide bonds. The number of hydrogen-bond donors (Lipinski definition) is 10. The van der Waals surface area contributed by atoms with Gasteiger partial charge in [0.1, 0.15) is 53.8 Å². The summed E-state index contributed by atoms with van der Waals surface area (Å²) in [4.78, 5) is 69.8. The third-order valence-corrected chi connectivity index (χ3v) is 13.4. The van der Waals surface area contributed by atoms with Crippen molar-refractivity contribution in [1.82, 2.24) is 25.1 Å². The van der Waals surface area contributed by atoms with Gasteiger partial charge in [-0.3, -0.25) is 14.5 Å². The standard InChI is InChI=1S/C45H52N6O21S/c1-46-12-33(54)48-28-7-21(3-4-30(28)71-43-38(58)36(56)37(57)39(72-43)41(60)61)14-68-44(63)50(5-6-73(2,64)65)19-66-18-45(16-52,17-53)47-11-24-22-9-31-32(70-20-69-31)10-27(22)49-34-25(24)13-51-29(34)8-23-26(40(51)59)15-67-42(62)35(23)55/h3-4,7-10,35-39,43,46-47,52-53,55-58H,5-6,11-20H2,1-2H3,(H,48,54)(H,60,61)/t35-,36-,37-,38+,39-,43+/m0/s1. The quantitative estimate of drug-likeness (QED) is 0.0277. The van der Waals surface area contributed by atoms with E-state index >= 15 is 0 Å². The molecule has 0 spiro atoms. The number of rotatable bonds is 20. The van der Waals surface area contributed by atoms with Gasteiger partial charge in [-0.05, 0) is 42.4 Å². The van der Waals surface area contributed by atoms with Gasteiger partial charge < -0.3 is 89.4 Å². The number of aliphatic hydroxyl groups excluding tert-OH is 6. The van der Waals surface area contributed by atoms with Crippen LogP contribution < -0.4 is 35.7 Å². The van der Waals surface area contributed by atoms with Gasteiger partial charge in [-0.15, -0.1) is 0 Å². The maximum atomic E-state index is 13.8. The number of carboxylic acids is 1. The van der Waals surface area contributed by atoms with Crippen LogP contribution in [0.1, 0.15) is 33.9 Å². The highest BCUT2D eigenvalue weighted by atomic mass is 32.2. The van der Waals surface area contributed by atoms with Crippen LogP contribution in [-0.4, -0.2) is 184 Å². The maximum absolute atomic E-state index is 13.8. The Morgan fingerprint density at radius 2 is 1.71 bits per heavy atom. The number of sulfone groups is 1. The maximum Gasteiger partial charge on any atom is 0.411 e. The summed E-state index contributed by atoms with van der Waals surface area (Å²) in [6.07, 6.45) is -11.5. The lowest BCUT2D eigenvalue weighted by Crippen LogP contribution is -2.61. The lowest BCUT2D eigenvalue weighted by molar-refractivity contribution is -0.271. The average molecular weight is 1040 g/mol. The number of likely N-dealkylation sites (N-methyl/N-ethyl adjacent to an activating group) is 1. The molecule has 0 saturated carbocycles. The van der Waals surface area contributed by atoms with Crippen molar-refractivity contribution in [1.29, 1.82) is 0 Å². The fourth-order valence-corrected chi connectivity index (χ4v) is 9.00. The molecule has 6 atom stereocenters. The molecule has 0 unspecified atom stereocenters. The van der Waals surface area contributed by atoms with E-state index in [0.717, 1.165) is 11.2 Å². The van der Waals surface area contributed by atoms with Gasteiger partial charge in [0.2, 0.25) is 19.0 Å².